The number of carbonyl (C=O) groups is 1. The zero-order chi connectivity index (χ0) is 19.3. The molecule has 3 heterocycles. The van der Waals surface area contributed by atoms with Crippen molar-refractivity contribution in [3.63, 3.8) is 0 Å². The highest BCUT2D eigenvalue weighted by Gasteiger charge is 2.24. The number of hydrogen-bond donors (Lipinski definition) is 0. The topological polar surface area (TPSA) is 71.0 Å². The molecule has 1 amide bonds. The number of hydrogen-bond acceptors (Lipinski definition) is 7. The summed E-state index contributed by atoms with van der Waals surface area (Å²) in [6, 6.07) is 9.38. The number of nitrogens with zero attached hydrogens (tertiary/aromatic N) is 5. The van der Waals surface area contributed by atoms with Gasteiger partial charge in [0.15, 0.2) is 5.82 Å². The Morgan fingerprint density at radius 1 is 1.04 bits per heavy atom. The normalized spacial score (nSPS) is 17.5. The zero-order valence-electron chi connectivity index (χ0n) is 16.1. The summed E-state index contributed by atoms with van der Waals surface area (Å²) in [5.74, 6) is 1.59. The highest BCUT2D eigenvalue weighted by atomic mass is 16.5. The van der Waals surface area contributed by atoms with Crippen molar-refractivity contribution < 1.29 is 14.3 Å². The fraction of sp³-hybridized carbons (Fsp3) is 0.450. The third kappa shape index (κ3) is 4.01. The zero-order valence-corrected chi connectivity index (χ0v) is 16.1. The van der Waals surface area contributed by atoms with Gasteiger partial charge in [-0.05, 0) is 18.2 Å². The molecule has 2 fully saturated rings. The van der Waals surface area contributed by atoms with Crippen LogP contribution in [-0.2, 0) is 4.74 Å². The molecule has 0 unspecified atom stereocenters. The van der Waals surface area contributed by atoms with E-state index in [1.54, 1.807) is 19.4 Å². The molecule has 8 nitrogen and oxygen atoms in total. The Labute approximate surface area is 164 Å². The fourth-order valence-corrected chi connectivity index (χ4v) is 3.57. The highest BCUT2D eigenvalue weighted by molar-refractivity contribution is 5.94. The van der Waals surface area contributed by atoms with Crippen LogP contribution in [0.5, 0.6) is 5.75 Å². The number of carbonyl (C=O) groups excluding carboxylic acids is 1. The van der Waals surface area contributed by atoms with Crippen molar-refractivity contribution in [1.82, 2.24) is 15.1 Å². The van der Waals surface area contributed by atoms with E-state index in [1.807, 2.05) is 23.1 Å². The van der Waals surface area contributed by atoms with Crippen LogP contribution in [0, 0.1) is 0 Å². The molecule has 0 radical (unpaired) electrons. The van der Waals surface area contributed by atoms with E-state index in [4.69, 9.17) is 9.47 Å². The van der Waals surface area contributed by atoms with Crippen LogP contribution in [0.2, 0.25) is 0 Å². The smallest absolute Gasteiger partial charge is 0.254 e. The number of amides is 1. The molecule has 8 heteroatoms. The minimum atomic E-state index is 0.0340. The number of morpholine rings is 1. The van der Waals surface area contributed by atoms with E-state index >= 15 is 0 Å². The molecule has 1 aromatic carbocycles. The Bertz CT molecular complexity index is 817. The molecule has 0 bridgehead atoms. The van der Waals surface area contributed by atoms with Gasteiger partial charge in [-0.2, -0.15) is 5.10 Å². The van der Waals surface area contributed by atoms with Gasteiger partial charge in [0.25, 0.3) is 5.91 Å². The summed E-state index contributed by atoms with van der Waals surface area (Å²) in [5.41, 5.74) is 1.73. The van der Waals surface area contributed by atoms with E-state index in [9.17, 15) is 4.79 Å². The molecule has 2 aliphatic rings. The average Bonchev–Trinajstić information content (AvgIpc) is 2.79. The summed E-state index contributed by atoms with van der Waals surface area (Å²) >= 11 is 0. The SMILES string of the molecule is COc1cccc(C(=O)N2CCN(c3cc(N4CCOCC4)cnn3)CC2)c1. The van der Waals surface area contributed by atoms with Crippen molar-refractivity contribution in [3.05, 3.63) is 42.1 Å². The Kier molecular flexibility index (Phi) is 5.57. The lowest BCUT2D eigenvalue weighted by Gasteiger charge is -2.36. The van der Waals surface area contributed by atoms with Crippen LogP contribution >= 0.6 is 0 Å². The molecule has 0 atom stereocenters. The first kappa shape index (κ1) is 18.5. The van der Waals surface area contributed by atoms with Crippen molar-refractivity contribution in [1.29, 1.82) is 0 Å². The van der Waals surface area contributed by atoms with Crippen LogP contribution in [0.3, 0.4) is 0 Å². The maximum atomic E-state index is 12.8. The summed E-state index contributed by atoms with van der Waals surface area (Å²) in [4.78, 5) is 19.1. The summed E-state index contributed by atoms with van der Waals surface area (Å²) < 4.78 is 10.6. The minimum absolute atomic E-state index is 0.0340. The van der Waals surface area contributed by atoms with E-state index in [2.05, 4.69) is 26.1 Å². The number of piperazine rings is 1. The van der Waals surface area contributed by atoms with Crippen LogP contribution in [0.25, 0.3) is 0 Å². The van der Waals surface area contributed by atoms with Gasteiger partial charge in [-0.25, -0.2) is 0 Å². The third-order valence-corrected chi connectivity index (χ3v) is 5.21. The summed E-state index contributed by atoms with van der Waals surface area (Å²) in [6.45, 7) is 5.99. The van der Waals surface area contributed by atoms with Crippen molar-refractivity contribution in [2.45, 2.75) is 0 Å². The van der Waals surface area contributed by atoms with E-state index in [1.165, 1.54) is 0 Å². The maximum absolute atomic E-state index is 12.8. The van der Waals surface area contributed by atoms with E-state index in [-0.39, 0.29) is 5.91 Å². The van der Waals surface area contributed by atoms with Gasteiger partial charge in [0.05, 0.1) is 32.2 Å². The van der Waals surface area contributed by atoms with Gasteiger partial charge in [0, 0.05) is 50.9 Å². The predicted molar refractivity (Wildman–Crippen MR) is 106 cm³/mol. The van der Waals surface area contributed by atoms with Gasteiger partial charge in [0.1, 0.15) is 5.75 Å². The number of ether oxygens (including phenoxy) is 2. The second-order valence-electron chi connectivity index (χ2n) is 6.88. The quantitative estimate of drug-likeness (QED) is 0.788. The summed E-state index contributed by atoms with van der Waals surface area (Å²) in [6.07, 6.45) is 1.80. The number of rotatable bonds is 4. The van der Waals surface area contributed by atoms with Crippen LogP contribution in [-0.4, -0.2) is 80.6 Å². The molecule has 0 saturated carbocycles. The number of benzene rings is 1. The number of anilines is 2. The van der Waals surface area contributed by atoms with E-state index in [0.717, 1.165) is 50.9 Å². The molecule has 0 spiro atoms. The second-order valence-corrected chi connectivity index (χ2v) is 6.88. The molecular weight excluding hydrogens is 358 g/mol. The molecule has 28 heavy (non-hydrogen) atoms. The number of methoxy groups -OCH3 is 1. The van der Waals surface area contributed by atoms with Crippen LogP contribution in [0.1, 0.15) is 10.4 Å². The minimum Gasteiger partial charge on any atom is -0.497 e. The standard InChI is InChI=1S/C20H25N5O3/c1-27-18-4-2-3-16(13-18)20(26)25-7-5-24(6-8-25)19-14-17(15-21-22-19)23-9-11-28-12-10-23/h2-4,13-15H,5-12H2,1H3. The largest absolute Gasteiger partial charge is 0.497 e. The highest BCUT2D eigenvalue weighted by Crippen LogP contribution is 2.22. The first-order valence-electron chi connectivity index (χ1n) is 9.58. The molecule has 2 aromatic rings. The molecule has 1 aromatic heterocycles. The summed E-state index contributed by atoms with van der Waals surface area (Å²) in [7, 11) is 1.61. The molecule has 2 aliphatic heterocycles. The Morgan fingerprint density at radius 3 is 2.57 bits per heavy atom. The first-order chi connectivity index (χ1) is 13.7. The van der Waals surface area contributed by atoms with Crippen LogP contribution < -0.4 is 14.5 Å². The third-order valence-electron chi connectivity index (χ3n) is 5.21. The van der Waals surface area contributed by atoms with Gasteiger partial charge in [-0.15, -0.1) is 5.10 Å². The van der Waals surface area contributed by atoms with E-state index < -0.39 is 0 Å². The monoisotopic (exact) mass is 383 g/mol. The molecule has 4 rings (SSSR count). The second kappa shape index (κ2) is 8.43. The van der Waals surface area contributed by atoms with Gasteiger partial charge in [-0.3, -0.25) is 4.79 Å². The Hall–Kier alpha value is -2.87. The van der Waals surface area contributed by atoms with Crippen molar-refractivity contribution in [2.24, 2.45) is 0 Å². The van der Waals surface area contributed by atoms with Gasteiger partial charge >= 0.3 is 0 Å². The summed E-state index contributed by atoms with van der Waals surface area (Å²) in [5, 5.41) is 8.49. The fourth-order valence-electron chi connectivity index (χ4n) is 3.57. The first-order valence-corrected chi connectivity index (χ1v) is 9.58. The van der Waals surface area contributed by atoms with Crippen molar-refractivity contribution in [2.75, 3.05) is 69.4 Å². The Morgan fingerprint density at radius 2 is 1.82 bits per heavy atom. The molecule has 2 saturated heterocycles. The Balaban J connectivity index is 1.39. The lowest BCUT2D eigenvalue weighted by molar-refractivity contribution is 0.0746. The van der Waals surface area contributed by atoms with Gasteiger partial charge in [-0.1, -0.05) is 6.07 Å². The van der Waals surface area contributed by atoms with Gasteiger partial charge < -0.3 is 24.2 Å². The van der Waals surface area contributed by atoms with Crippen LogP contribution in [0.4, 0.5) is 11.5 Å². The maximum Gasteiger partial charge on any atom is 0.254 e. The molecular formula is C20H25N5O3. The average molecular weight is 383 g/mol. The number of aromatic nitrogens is 2. The molecule has 0 N–H and O–H groups in total. The predicted octanol–water partition coefficient (Wildman–Crippen LogP) is 1.28. The van der Waals surface area contributed by atoms with Crippen molar-refractivity contribution in [3.8, 4) is 5.75 Å². The van der Waals surface area contributed by atoms with E-state index in [0.29, 0.717) is 24.4 Å². The molecule has 0 aliphatic carbocycles. The molecule has 148 valence electrons. The van der Waals surface area contributed by atoms with Crippen molar-refractivity contribution >= 4 is 17.4 Å². The van der Waals surface area contributed by atoms with Crippen LogP contribution in [0.15, 0.2) is 36.5 Å². The van der Waals surface area contributed by atoms with Gasteiger partial charge in [0.2, 0.25) is 0 Å². The lowest BCUT2D eigenvalue weighted by Crippen LogP contribution is -2.49. The lowest BCUT2D eigenvalue weighted by atomic mass is 10.1.